The highest BCUT2D eigenvalue weighted by Crippen LogP contribution is 2.36. The minimum absolute atomic E-state index is 1.09. The molecule has 0 aliphatic carbocycles. The number of nitrogens with zero attached hydrogens (tertiary/aromatic N) is 1. The number of aryl methyl sites for hydroxylation is 2. The Labute approximate surface area is 156 Å². The Bertz CT molecular complexity index is 1040. The van der Waals surface area contributed by atoms with Crippen LogP contribution in [0.4, 0.5) is 0 Å². The van der Waals surface area contributed by atoms with Gasteiger partial charge in [0.05, 0.1) is 0 Å². The molecule has 4 rings (SSSR count). The first-order chi connectivity index (χ1) is 12.1. The highest BCUT2D eigenvalue weighted by molar-refractivity contribution is 9.10. The first-order valence-corrected chi connectivity index (χ1v) is 9.12. The molecule has 0 saturated carbocycles. The highest BCUT2D eigenvalue weighted by atomic mass is 79.9. The summed E-state index contributed by atoms with van der Waals surface area (Å²) >= 11 is 3.51. The lowest BCUT2D eigenvalue weighted by Gasteiger charge is -2.13. The van der Waals surface area contributed by atoms with Crippen molar-refractivity contribution in [3.63, 3.8) is 0 Å². The summed E-state index contributed by atoms with van der Waals surface area (Å²) in [5, 5.41) is 2.42. The normalized spacial score (nSPS) is 11.0. The van der Waals surface area contributed by atoms with Crippen molar-refractivity contribution in [2.24, 2.45) is 0 Å². The molecule has 122 valence electrons. The van der Waals surface area contributed by atoms with Crippen LogP contribution in [-0.2, 0) is 0 Å². The van der Waals surface area contributed by atoms with Gasteiger partial charge in [0.25, 0.3) is 0 Å². The summed E-state index contributed by atoms with van der Waals surface area (Å²) in [6.45, 7) is 4.29. The molecular weight excluding hydrogens is 370 g/mol. The maximum absolute atomic E-state index is 4.39. The third-order valence-corrected chi connectivity index (χ3v) is 5.03. The van der Waals surface area contributed by atoms with Crippen molar-refractivity contribution in [3.8, 4) is 22.3 Å². The topological polar surface area (TPSA) is 12.9 Å². The van der Waals surface area contributed by atoms with Gasteiger partial charge in [-0.15, -0.1) is 0 Å². The van der Waals surface area contributed by atoms with Crippen molar-refractivity contribution in [1.82, 2.24) is 4.98 Å². The van der Waals surface area contributed by atoms with E-state index in [0.717, 1.165) is 4.47 Å². The smallest absolute Gasteiger partial charge is 0.0352 e. The molecule has 0 spiro atoms. The molecule has 0 aliphatic rings. The highest BCUT2D eigenvalue weighted by Gasteiger charge is 2.10. The predicted molar refractivity (Wildman–Crippen MR) is 110 cm³/mol. The van der Waals surface area contributed by atoms with Crippen molar-refractivity contribution in [2.45, 2.75) is 13.8 Å². The van der Waals surface area contributed by atoms with E-state index in [2.05, 4.69) is 95.4 Å². The van der Waals surface area contributed by atoms with Crippen LogP contribution in [0.2, 0.25) is 0 Å². The van der Waals surface area contributed by atoms with Crippen LogP contribution in [0.5, 0.6) is 0 Å². The van der Waals surface area contributed by atoms with Crippen LogP contribution in [0.25, 0.3) is 33.0 Å². The van der Waals surface area contributed by atoms with Crippen LogP contribution in [0.3, 0.4) is 0 Å². The van der Waals surface area contributed by atoms with Crippen LogP contribution in [-0.4, -0.2) is 4.98 Å². The van der Waals surface area contributed by atoms with E-state index in [9.17, 15) is 0 Å². The first kappa shape index (κ1) is 16.0. The van der Waals surface area contributed by atoms with Gasteiger partial charge < -0.3 is 0 Å². The van der Waals surface area contributed by atoms with Crippen molar-refractivity contribution >= 4 is 26.7 Å². The maximum atomic E-state index is 4.39. The predicted octanol–water partition coefficient (Wildman–Crippen LogP) is 6.95. The van der Waals surface area contributed by atoms with Crippen LogP contribution < -0.4 is 0 Å². The fraction of sp³-hybridized carbons (Fsp3) is 0.0870. The van der Waals surface area contributed by atoms with Gasteiger partial charge in [-0.1, -0.05) is 69.5 Å². The molecule has 0 atom stereocenters. The summed E-state index contributed by atoms with van der Waals surface area (Å²) in [6.07, 6.45) is 3.85. The standard InChI is InChI=1S/C23H18BrN/c1-15-11-16(2)13-18(12-15)21-8-7-20(17-3-5-19(24)6-4-17)22-9-10-25-14-23(21)22/h3-14H,1-2H3. The van der Waals surface area contributed by atoms with Gasteiger partial charge in [0.1, 0.15) is 0 Å². The Balaban J connectivity index is 1.97. The number of halogens is 1. The third-order valence-electron chi connectivity index (χ3n) is 4.51. The summed E-state index contributed by atoms with van der Waals surface area (Å²) in [7, 11) is 0. The zero-order chi connectivity index (χ0) is 17.4. The molecule has 0 radical (unpaired) electrons. The Hall–Kier alpha value is -2.45. The molecule has 1 aromatic heterocycles. The molecule has 3 aromatic carbocycles. The molecule has 25 heavy (non-hydrogen) atoms. The largest absolute Gasteiger partial charge is 0.264 e. The molecular formula is C23H18BrN. The number of benzene rings is 3. The second-order valence-electron chi connectivity index (χ2n) is 6.47. The Morgan fingerprint density at radius 2 is 1.32 bits per heavy atom. The lowest BCUT2D eigenvalue weighted by atomic mass is 9.92. The zero-order valence-electron chi connectivity index (χ0n) is 14.3. The van der Waals surface area contributed by atoms with Gasteiger partial charge in [0, 0.05) is 22.3 Å². The monoisotopic (exact) mass is 387 g/mol. The minimum atomic E-state index is 1.09. The minimum Gasteiger partial charge on any atom is -0.264 e. The molecule has 0 N–H and O–H groups in total. The van der Waals surface area contributed by atoms with Gasteiger partial charge in [0.2, 0.25) is 0 Å². The third kappa shape index (κ3) is 3.10. The summed E-state index contributed by atoms with van der Waals surface area (Å²) in [6, 6.07) is 21.7. The average molecular weight is 388 g/mol. The molecule has 4 aromatic rings. The summed E-state index contributed by atoms with van der Waals surface area (Å²) < 4.78 is 1.09. The lowest BCUT2D eigenvalue weighted by Crippen LogP contribution is -1.88. The number of aromatic nitrogens is 1. The Kier molecular flexibility index (Phi) is 4.14. The first-order valence-electron chi connectivity index (χ1n) is 8.33. The Morgan fingerprint density at radius 3 is 2.00 bits per heavy atom. The van der Waals surface area contributed by atoms with Gasteiger partial charge in [-0.25, -0.2) is 0 Å². The van der Waals surface area contributed by atoms with Crippen LogP contribution in [0, 0.1) is 13.8 Å². The fourth-order valence-corrected chi connectivity index (χ4v) is 3.72. The van der Waals surface area contributed by atoms with E-state index >= 15 is 0 Å². The fourth-order valence-electron chi connectivity index (χ4n) is 3.45. The lowest BCUT2D eigenvalue weighted by molar-refractivity contribution is 1.36. The second kappa shape index (κ2) is 6.45. The van der Waals surface area contributed by atoms with Gasteiger partial charge in [0.15, 0.2) is 0 Å². The quantitative estimate of drug-likeness (QED) is 0.362. The van der Waals surface area contributed by atoms with Crippen molar-refractivity contribution in [1.29, 1.82) is 0 Å². The molecule has 2 heteroatoms. The van der Waals surface area contributed by atoms with Gasteiger partial charge in [-0.3, -0.25) is 4.98 Å². The second-order valence-corrected chi connectivity index (χ2v) is 7.38. The molecule has 1 heterocycles. The van der Waals surface area contributed by atoms with Gasteiger partial charge in [-0.2, -0.15) is 0 Å². The average Bonchev–Trinajstić information content (AvgIpc) is 2.61. The molecule has 0 saturated heterocycles. The SMILES string of the molecule is Cc1cc(C)cc(-c2ccc(-c3ccc(Br)cc3)c3ccncc23)c1. The maximum Gasteiger partial charge on any atom is 0.0352 e. The Morgan fingerprint density at radius 1 is 0.680 bits per heavy atom. The van der Waals surface area contributed by atoms with E-state index in [0.29, 0.717) is 0 Å². The molecule has 0 aliphatic heterocycles. The summed E-state index contributed by atoms with van der Waals surface area (Å²) in [5.41, 5.74) is 7.49. The van der Waals surface area contributed by atoms with E-state index < -0.39 is 0 Å². The number of pyridine rings is 1. The van der Waals surface area contributed by atoms with Crippen molar-refractivity contribution < 1.29 is 0 Å². The number of fused-ring (bicyclic) bond motifs is 1. The zero-order valence-corrected chi connectivity index (χ0v) is 15.8. The number of hydrogen-bond acceptors (Lipinski definition) is 1. The molecule has 1 nitrogen and oxygen atoms in total. The molecule has 0 amide bonds. The van der Waals surface area contributed by atoms with E-state index in [4.69, 9.17) is 0 Å². The van der Waals surface area contributed by atoms with E-state index in [-0.39, 0.29) is 0 Å². The summed E-state index contributed by atoms with van der Waals surface area (Å²) in [4.78, 5) is 4.39. The van der Waals surface area contributed by atoms with Crippen molar-refractivity contribution in [2.75, 3.05) is 0 Å². The number of rotatable bonds is 2. The van der Waals surface area contributed by atoms with E-state index in [1.807, 2.05) is 12.4 Å². The van der Waals surface area contributed by atoms with Crippen LogP contribution in [0.15, 0.2) is 77.5 Å². The van der Waals surface area contributed by atoms with Crippen molar-refractivity contribution in [3.05, 3.63) is 88.7 Å². The molecule has 0 fully saturated rings. The molecule has 0 bridgehead atoms. The van der Waals surface area contributed by atoms with Gasteiger partial charge >= 0.3 is 0 Å². The van der Waals surface area contributed by atoms with Gasteiger partial charge in [-0.05, 0) is 59.7 Å². The van der Waals surface area contributed by atoms with Crippen LogP contribution in [0.1, 0.15) is 11.1 Å². The van der Waals surface area contributed by atoms with E-state index in [1.54, 1.807) is 0 Å². The van der Waals surface area contributed by atoms with Crippen LogP contribution >= 0.6 is 15.9 Å². The summed E-state index contributed by atoms with van der Waals surface area (Å²) in [5.74, 6) is 0. The molecule has 0 unspecified atom stereocenters. The number of hydrogen-bond donors (Lipinski definition) is 0. The van der Waals surface area contributed by atoms with E-state index in [1.165, 1.54) is 44.2 Å².